The van der Waals surface area contributed by atoms with Gasteiger partial charge < -0.3 is 14.2 Å². The molecular weight excluding hydrogens is 685 g/mol. The zero-order chi connectivity index (χ0) is 34.7. The van der Waals surface area contributed by atoms with Crippen molar-refractivity contribution >= 4 is 0 Å². The molecule has 0 bridgehead atoms. The number of benzene rings is 4. The van der Waals surface area contributed by atoms with Crippen LogP contribution < -0.4 is 14.2 Å². The molecule has 0 amide bonds. The highest BCUT2D eigenvalue weighted by atomic mass is 19.2. The van der Waals surface area contributed by atoms with E-state index >= 15 is 8.78 Å². The Balaban J connectivity index is 2.11. The molecule has 0 aliphatic carbocycles. The summed E-state index contributed by atoms with van der Waals surface area (Å²) in [6.45, 7) is 0. The van der Waals surface area contributed by atoms with Crippen LogP contribution >= 0.6 is 0 Å². The van der Waals surface area contributed by atoms with Crippen molar-refractivity contribution in [3.05, 3.63) is 104 Å². The number of nitriles is 1. The highest BCUT2D eigenvalue weighted by Crippen LogP contribution is 2.48. The third-order valence-corrected chi connectivity index (χ3v) is 5.48. The maximum atomic E-state index is 15.5. The van der Waals surface area contributed by atoms with Crippen LogP contribution in [0.25, 0.3) is 0 Å². The Morgan fingerprint density at radius 1 is 0.261 bits per heavy atom. The van der Waals surface area contributed by atoms with Crippen LogP contribution in [0.2, 0.25) is 0 Å². The van der Waals surface area contributed by atoms with Gasteiger partial charge in [0.15, 0.2) is 11.5 Å². The molecule has 0 saturated heterocycles. The minimum Gasteiger partial charge on any atom is -0.446 e. The van der Waals surface area contributed by atoms with Gasteiger partial charge in [0.2, 0.25) is 122 Å². The Morgan fingerprint density at radius 2 is 0.435 bits per heavy atom. The first kappa shape index (κ1) is 33.5. The molecule has 0 aromatic heterocycles. The summed E-state index contributed by atoms with van der Waals surface area (Å²) in [7, 11) is 0. The summed E-state index contributed by atoms with van der Waals surface area (Å²) in [6, 6.07) is 0.669. The number of nitrogens with zero attached hydrogens (tertiary/aromatic N) is 1. The van der Waals surface area contributed by atoms with Crippen LogP contribution in [0.15, 0.2) is 0 Å². The molecule has 0 heterocycles. The highest BCUT2D eigenvalue weighted by Gasteiger charge is 2.37. The Bertz CT molecular complexity index is 1840. The van der Waals surface area contributed by atoms with Crippen molar-refractivity contribution in [1.29, 1.82) is 5.26 Å². The fraction of sp³-hybridized carbons (Fsp3) is 0. The SMILES string of the molecule is N#Cc1c(Oc2c(F)c(F)c(F)c(F)c2F)c(F)c(Oc2c(F)c(F)c(F)c(F)c2F)c(F)c1Oc1c(F)c(F)c(F)c(F)c1F. The number of hydrogen-bond acceptors (Lipinski definition) is 4. The van der Waals surface area contributed by atoms with E-state index in [2.05, 4.69) is 14.2 Å². The van der Waals surface area contributed by atoms with Gasteiger partial charge in [0.25, 0.3) is 0 Å². The van der Waals surface area contributed by atoms with E-state index in [1.54, 1.807) is 0 Å². The first-order valence-corrected chi connectivity index (χ1v) is 10.9. The van der Waals surface area contributed by atoms with Gasteiger partial charge in [-0.2, -0.15) is 40.4 Å². The van der Waals surface area contributed by atoms with Crippen molar-refractivity contribution in [2.24, 2.45) is 0 Å². The average Bonchev–Trinajstić information content (AvgIpc) is 3.04. The second-order valence-electron chi connectivity index (χ2n) is 8.11. The van der Waals surface area contributed by atoms with Gasteiger partial charge in [0.05, 0.1) is 0 Å². The van der Waals surface area contributed by atoms with Gasteiger partial charge in [0, 0.05) is 0 Å². The second-order valence-corrected chi connectivity index (χ2v) is 8.11. The van der Waals surface area contributed by atoms with Gasteiger partial charge in [0.1, 0.15) is 11.6 Å². The summed E-state index contributed by atoms with van der Waals surface area (Å²) in [5.74, 6) is -64.2. The van der Waals surface area contributed by atoms with Crippen molar-refractivity contribution in [3.8, 4) is 40.6 Å². The quantitative estimate of drug-likeness (QED) is 0.115. The Labute approximate surface area is 240 Å². The van der Waals surface area contributed by atoms with Crippen molar-refractivity contribution in [2.45, 2.75) is 0 Å². The van der Waals surface area contributed by atoms with E-state index in [1.807, 2.05) is 0 Å². The van der Waals surface area contributed by atoms with Crippen LogP contribution in [0.5, 0.6) is 34.5 Å². The van der Waals surface area contributed by atoms with Crippen molar-refractivity contribution in [3.63, 3.8) is 0 Å². The first-order valence-electron chi connectivity index (χ1n) is 10.9. The van der Waals surface area contributed by atoms with Crippen LogP contribution in [0, 0.1) is 110 Å². The predicted octanol–water partition coefficient (Wildman–Crippen LogP) is 9.30. The van der Waals surface area contributed by atoms with Gasteiger partial charge in [-0.3, -0.25) is 0 Å². The summed E-state index contributed by atoms with van der Waals surface area (Å²) >= 11 is 0. The van der Waals surface area contributed by atoms with Crippen molar-refractivity contribution in [1.82, 2.24) is 0 Å². The smallest absolute Gasteiger partial charge is 0.212 e. The van der Waals surface area contributed by atoms with Gasteiger partial charge in [-0.05, 0) is 0 Å². The Kier molecular flexibility index (Phi) is 8.61. The molecule has 0 saturated carbocycles. The molecule has 21 heteroatoms. The highest BCUT2D eigenvalue weighted by molar-refractivity contribution is 5.62. The summed E-state index contributed by atoms with van der Waals surface area (Å²) < 4.78 is 251. The van der Waals surface area contributed by atoms with E-state index in [4.69, 9.17) is 0 Å². The van der Waals surface area contributed by atoms with Gasteiger partial charge in [-0.15, -0.1) is 0 Å². The molecule has 4 aromatic carbocycles. The fourth-order valence-electron chi connectivity index (χ4n) is 3.34. The molecule has 0 radical (unpaired) electrons. The molecule has 0 unspecified atom stereocenters. The van der Waals surface area contributed by atoms with E-state index in [9.17, 15) is 71.1 Å². The molecule has 0 N–H and O–H groups in total. The van der Waals surface area contributed by atoms with Crippen LogP contribution in [0.1, 0.15) is 5.56 Å². The van der Waals surface area contributed by atoms with E-state index in [-0.39, 0.29) is 0 Å². The average molecular weight is 685 g/mol. The van der Waals surface area contributed by atoms with Crippen LogP contribution in [0.3, 0.4) is 0 Å². The van der Waals surface area contributed by atoms with Gasteiger partial charge in [-0.1, -0.05) is 0 Å². The lowest BCUT2D eigenvalue weighted by Gasteiger charge is -2.19. The van der Waals surface area contributed by atoms with E-state index in [1.165, 1.54) is 0 Å². The third-order valence-electron chi connectivity index (χ3n) is 5.48. The molecule has 4 rings (SSSR count). The lowest BCUT2D eigenvalue weighted by Crippen LogP contribution is -2.10. The van der Waals surface area contributed by atoms with Gasteiger partial charge >= 0.3 is 0 Å². The van der Waals surface area contributed by atoms with E-state index in [0.29, 0.717) is 6.07 Å². The summed E-state index contributed by atoms with van der Waals surface area (Å²) in [5.41, 5.74) is -2.13. The van der Waals surface area contributed by atoms with E-state index < -0.39 is 139 Å². The fourth-order valence-corrected chi connectivity index (χ4v) is 3.34. The molecule has 4 nitrogen and oxygen atoms in total. The third kappa shape index (κ3) is 4.98. The molecule has 4 aromatic rings. The standard InChI is InChI=1S/C25F17NO3/c26-3-6(29)12(35)22(13(36)7(3)30)44-20-2(1-43)21(45-23-14(37)8(31)4(27)9(32)15(23)38)19(42)25(18(20)41)46-24-16(39)10(33)5(28)11(34)17(24)40. The normalized spacial score (nSPS) is 11.1. The molecule has 46 heavy (non-hydrogen) atoms. The minimum atomic E-state index is -2.92. The van der Waals surface area contributed by atoms with Crippen LogP contribution in [-0.4, -0.2) is 0 Å². The molecule has 0 aliphatic heterocycles. The summed E-state index contributed by atoms with van der Waals surface area (Å²) in [4.78, 5) is 0. The number of ether oxygens (including phenoxy) is 3. The van der Waals surface area contributed by atoms with Crippen molar-refractivity contribution < 1.29 is 88.8 Å². The number of hydrogen-bond donors (Lipinski definition) is 0. The monoisotopic (exact) mass is 685 g/mol. The summed E-state index contributed by atoms with van der Waals surface area (Å²) in [5, 5.41) is 9.42. The Morgan fingerprint density at radius 3 is 0.652 bits per heavy atom. The molecule has 0 atom stereocenters. The topological polar surface area (TPSA) is 51.5 Å². The zero-order valence-electron chi connectivity index (χ0n) is 20.6. The van der Waals surface area contributed by atoms with Crippen LogP contribution in [0.4, 0.5) is 74.6 Å². The van der Waals surface area contributed by atoms with Crippen LogP contribution in [-0.2, 0) is 0 Å². The largest absolute Gasteiger partial charge is 0.446 e. The maximum Gasteiger partial charge on any atom is 0.212 e. The zero-order valence-corrected chi connectivity index (χ0v) is 20.6. The number of rotatable bonds is 6. The lowest BCUT2D eigenvalue weighted by atomic mass is 10.1. The predicted molar refractivity (Wildman–Crippen MR) is 110 cm³/mol. The molecule has 0 aliphatic rings. The number of halogens is 17. The second kappa shape index (κ2) is 11.8. The maximum absolute atomic E-state index is 15.5. The molecule has 0 fully saturated rings. The first-order chi connectivity index (χ1) is 21.4. The van der Waals surface area contributed by atoms with E-state index in [0.717, 1.165) is 0 Å². The molecule has 242 valence electrons. The van der Waals surface area contributed by atoms with Crippen molar-refractivity contribution in [2.75, 3.05) is 0 Å². The lowest BCUT2D eigenvalue weighted by molar-refractivity contribution is 0.294. The minimum absolute atomic E-state index is 0.669. The molecule has 0 spiro atoms. The Hall–Kier alpha value is -5.42. The van der Waals surface area contributed by atoms with Gasteiger partial charge in [-0.25, -0.2) is 39.5 Å². The summed E-state index contributed by atoms with van der Waals surface area (Å²) in [6.07, 6.45) is 0. The molecular formula is C25F17NO3.